The fourth-order valence-corrected chi connectivity index (χ4v) is 4.80. The molecule has 0 radical (unpaired) electrons. The van der Waals surface area contributed by atoms with Crippen molar-refractivity contribution < 1.29 is 9.53 Å². The number of carbonyl (C=O) groups excluding carboxylic acids is 1. The van der Waals surface area contributed by atoms with Crippen LogP contribution in [0.25, 0.3) is 11.1 Å². The highest BCUT2D eigenvalue weighted by atomic mass is 16.5. The second-order valence-electron chi connectivity index (χ2n) is 9.90. The highest BCUT2D eigenvalue weighted by Gasteiger charge is 2.33. The van der Waals surface area contributed by atoms with E-state index in [9.17, 15) is 10.1 Å². The van der Waals surface area contributed by atoms with E-state index in [-0.39, 0.29) is 0 Å². The summed E-state index contributed by atoms with van der Waals surface area (Å²) in [7, 11) is 0. The van der Waals surface area contributed by atoms with Gasteiger partial charge in [0.05, 0.1) is 6.07 Å². The van der Waals surface area contributed by atoms with Crippen LogP contribution in [0.4, 0.5) is 0 Å². The Morgan fingerprint density at radius 3 is 2.09 bits per heavy atom. The predicted molar refractivity (Wildman–Crippen MR) is 135 cm³/mol. The van der Waals surface area contributed by atoms with Crippen molar-refractivity contribution in [1.82, 2.24) is 0 Å². The highest BCUT2D eigenvalue weighted by Crippen LogP contribution is 2.38. The van der Waals surface area contributed by atoms with Crippen molar-refractivity contribution in [3.63, 3.8) is 0 Å². The van der Waals surface area contributed by atoms with Gasteiger partial charge in [-0.15, -0.1) is 0 Å². The van der Waals surface area contributed by atoms with Crippen LogP contribution in [-0.4, -0.2) is 5.97 Å². The number of hydrogen-bond donors (Lipinski definition) is 0. The van der Waals surface area contributed by atoms with Crippen LogP contribution in [-0.2, 0) is 4.79 Å². The average Bonchev–Trinajstić information content (AvgIpc) is 2.87. The Kier molecular flexibility index (Phi) is 9.12. The number of hydrogen-bond acceptors (Lipinski definition) is 3. The zero-order valence-corrected chi connectivity index (χ0v) is 20.6. The van der Waals surface area contributed by atoms with Gasteiger partial charge < -0.3 is 4.74 Å². The van der Waals surface area contributed by atoms with Crippen molar-refractivity contribution in [2.75, 3.05) is 0 Å². The molecule has 0 spiro atoms. The molecule has 2 aromatic carbocycles. The lowest BCUT2D eigenvalue weighted by molar-refractivity contribution is -0.141. The number of rotatable bonds is 10. The molecule has 1 unspecified atom stereocenters. The number of ether oxygens (including phenoxy) is 1. The minimum atomic E-state index is -1.11. The molecule has 0 aliphatic heterocycles. The van der Waals surface area contributed by atoms with Crippen molar-refractivity contribution in [3.8, 4) is 22.9 Å². The summed E-state index contributed by atoms with van der Waals surface area (Å²) in [4.78, 5) is 12.3. The summed E-state index contributed by atoms with van der Waals surface area (Å²) in [6, 6.07) is 18.6. The quantitative estimate of drug-likeness (QED) is 0.209. The Balaban J connectivity index is 1.53. The summed E-state index contributed by atoms with van der Waals surface area (Å²) in [6.45, 7) is 5.71. The minimum absolute atomic E-state index is 0.424. The van der Waals surface area contributed by atoms with E-state index in [1.807, 2.05) is 19.1 Å². The molecule has 0 heterocycles. The number of benzene rings is 2. The van der Waals surface area contributed by atoms with E-state index in [0.717, 1.165) is 17.0 Å². The molecule has 176 valence electrons. The van der Waals surface area contributed by atoms with Gasteiger partial charge in [0.15, 0.2) is 5.41 Å². The Morgan fingerprint density at radius 1 is 0.939 bits per heavy atom. The van der Waals surface area contributed by atoms with Crippen molar-refractivity contribution >= 4 is 5.97 Å². The molecule has 0 bridgehead atoms. The second kappa shape index (κ2) is 12.0. The minimum Gasteiger partial charge on any atom is -0.425 e. The maximum Gasteiger partial charge on any atom is 0.331 e. The van der Waals surface area contributed by atoms with Crippen molar-refractivity contribution in [3.05, 3.63) is 54.1 Å². The molecular weight excluding hydrogens is 406 g/mol. The van der Waals surface area contributed by atoms with Gasteiger partial charge in [-0.2, -0.15) is 5.26 Å². The summed E-state index contributed by atoms with van der Waals surface area (Å²) in [5.74, 6) is 1.61. The summed E-state index contributed by atoms with van der Waals surface area (Å²) < 4.78 is 5.43. The maximum absolute atomic E-state index is 12.3. The van der Waals surface area contributed by atoms with Crippen LogP contribution in [0.5, 0.6) is 5.75 Å². The molecule has 3 nitrogen and oxygen atoms in total. The molecule has 1 fully saturated rings. The number of carbonyl (C=O) groups is 1. The molecule has 1 aliphatic carbocycles. The third kappa shape index (κ3) is 6.70. The summed E-state index contributed by atoms with van der Waals surface area (Å²) in [5, 5.41) is 9.26. The van der Waals surface area contributed by atoms with Gasteiger partial charge >= 0.3 is 5.97 Å². The first-order valence-electron chi connectivity index (χ1n) is 12.8. The van der Waals surface area contributed by atoms with Gasteiger partial charge in [-0.3, -0.25) is 0 Å². The van der Waals surface area contributed by atoms with E-state index >= 15 is 0 Å². The van der Waals surface area contributed by atoms with Crippen LogP contribution in [0.2, 0.25) is 0 Å². The number of unbranched alkanes of at least 4 members (excludes halogenated alkanes) is 3. The van der Waals surface area contributed by atoms with Crippen LogP contribution in [0.15, 0.2) is 48.5 Å². The normalized spacial score (nSPS) is 19.9. The molecule has 1 aliphatic rings. The maximum atomic E-state index is 12.3. The summed E-state index contributed by atoms with van der Waals surface area (Å²) >= 11 is 0. The predicted octanol–water partition coefficient (Wildman–Crippen LogP) is 8.44. The molecular formula is C30H39NO2. The van der Waals surface area contributed by atoms with Gasteiger partial charge in [0.1, 0.15) is 5.75 Å². The molecule has 0 N–H and O–H groups in total. The van der Waals surface area contributed by atoms with E-state index in [1.54, 1.807) is 19.1 Å². The van der Waals surface area contributed by atoms with Gasteiger partial charge in [-0.25, -0.2) is 4.79 Å². The third-order valence-electron chi connectivity index (χ3n) is 7.50. The summed E-state index contributed by atoms with van der Waals surface area (Å²) in [6.07, 6.45) is 12.7. The largest absolute Gasteiger partial charge is 0.425 e. The fourth-order valence-electron chi connectivity index (χ4n) is 4.80. The fraction of sp³-hybridized carbons (Fsp3) is 0.533. The summed E-state index contributed by atoms with van der Waals surface area (Å²) in [5.41, 5.74) is 2.61. The van der Waals surface area contributed by atoms with Crippen LogP contribution >= 0.6 is 0 Å². The first-order chi connectivity index (χ1) is 16.0. The lowest BCUT2D eigenvalue weighted by Gasteiger charge is -2.29. The van der Waals surface area contributed by atoms with Gasteiger partial charge in [0.25, 0.3) is 0 Å². The van der Waals surface area contributed by atoms with Crippen LogP contribution in [0, 0.1) is 22.7 Å². The Hall–Kier alpha value is -2.60. The van der Waals surface area contributed by atoms with Gasteiger partial charge in [0.2, 0.25) is 0 Å². The molecule has 3 rings (SSSR count). The monoisotopic (exact) mass is 445 g/mol. The first-order valence-corrected chi connectivity index (χ1v) is 12.8. The smallest absolute Gasteiger partial charge is 0.331 e. The lowest BCUT2D eigenvalue weighted by atomic mass is 9.77. The SMILES string of the molecule is CCCCCCC1CCC(c2ccc(-c3ccc(OC(=O)C(C)(C#N)CC)cc3)cc2)CC1. The zero-order chi connectivity index (χ0) is 23.7. The van der Waals surface area contributed by atoms with E-state index in [0.29, 0.717) is 18.1 Å². The van der Waals surface area contributed by atoms with E-state index in [1.165, 1.54) is 63.4 Å². The average molecular weight is 446 g/mol. The standard InChI is InChI=1S/C30H39NO2/c1-4-6-7-8-9-23-10-12-24(13-11-23)25-14-16-26(17-15-25)27-18-20-28(21-19-27)33-29(32)30(3,5-2)22-31/h14-21,23-24H,4-13H2,1-3H3. The Labute approximate surface area is 200 Å². The molecule has 0 saturated heterocycles. The van der Waals surface area contributed by atoms with Crippen molar-refractivity contribution in [2.45, 2.75) is 90.9 Å². The van der Waals surface area contributed by atoms with Gasteiger partial charge in [-0.1, -0.05) is 82.3 Å². The van der Waals surface area contributed by atoms with Crippen LogP contribution in [0.3, 0.4) is 0 Å². The van der Waals surface area contributed by atoms with Crippen molar-refractivity contribution in [1.29, 1.82) is 5.26 Å². The number of nitriles is 1. The molecule has 0 aromatic heterocycles. The number of nitrogens with zero attached hydrogens (tertiary/aromatic N) is 1. The molecule has 2 aromatic rings. The number of esters is 1. The van der Waals surface area contributed by atoms with Crippen LogP contribution in [0.1, 0.15) is 96.5 Å². The van der Waals surface area contributed by atoms with Crippen LogP contribution < -0.4 is 4.74 Å². The van der Waals surface area contributed by atoms with Crippen molar-refractivity contribution in [2.24, 2.45) is 11.3 Å². The zero-order valence-electron chi connectivity index (χ0n) is 20.6. The van der Waals surface area contributed by atoms with E-state index < -0.39 is 11.4 Å². The Morgan fingerprint density at radius 2 is 1.55 bits per heavy atom. The Bertz CT molecular complexity index is 917. The molecule has 33 heavy (non-hydrogen) atoms. The molecule has 3 heteroatoms. The molecule has 1 atom stereocenters. The second-order valence-corrected chi connectivity index (χ2v) is 9.90. The van der Waals surface area contributed by atoms with Gasteiger partial charge in [-0.05, 0) is 79.7 Å². The highest BCUT2D eigenvalue weighted by molar-refractivity contribution is 5.81. The topological polar surface area (TPSA) is 50.1 Å². The molecule has 1 saturated carbocycles. The lowest BCUT2D eigenvalue weighted by Crippen LogP contribution is -2.29. The van der Waals surface area contributed by atoms with E-state index in [4.69, 9.17) is 4.74 Å². The first kappa shape index (κ1) is 25.0. The van der Waals surface area contributed by atoms with E-state index in [2.05, 4.69) is 37.3 Å². The van der Waals surface area contributed by atoms with Gasteiger partial charge in [0, 0.05) is 0 Å². The molecule has 0 amide bonds. The third-order valence-corrected chi connectivity index (χ3v) is 7.50.